The zero-order valence-electron chi connectivity index (χ0n) is 12.6. The Balaban J connectivity index is 1.63. The fourth-order valence-corrected chi connectivity index (χ4v) is 3.92. The van der Waals surface area contributed by atoms with Crippen LogP contribution in [0.25, 0.3) is 0 Å². The zero-order chi connectivity index (χ0) is 14.8. The van der Waals surface area contributed by atoms with Crippen molar-refractivity contribution in [3.63, 3.8) is 0 Å². The lowest BCUT2D eigenvalue weighted by molar-refractivity contribution is 0.0643. The molecule has 0 aliphatic carbocycles. The summed E-state index contributed by atoms with van der Waals surface area (Å²) in [5.74, 6) is 0.189. The van der Waals surface area contributed by atoms with Crippen LogP contribution in [0, 0.1) is 6.92 Å². The van der Waals surface area contributed by atoms with Crippen LogP contribution in [0.1, 0.15) is 41.6 Å². The topological polar surface area (TPSA) is 23.6 Å². The monoisotopic (exact) mass is 350 g/mol. The molecule has 0 spiro atoms. The molecule has 1 aromatic rings. The summed E-state index contributed by atoms with van der Waals surface area (Å²) in [7, 11) is 0. The predicted octanol–water partition coefficient (Wildman–Crippen LogP) is 3.46. The maximum Gasteiger partial charge on any atom is 0.254 e. The van der Waals surface area contributed by atoms with E-state index in [2.05, 4.69) is 20.8 Å². The molecule has 3 rings (SSSR count). The van der Waals surface area contributed by atoms with E-state index in [1.54, 1.807) is 0 Å². The van der Waals surface area contributed by atoms with E-state index in [0.29, 0.717) is 6.04 Å². The highest BCUT2D eigenvalue weighted by Gasteiger charge is 2.29. The molecule has 0 saturated carbocycles. The number of nitrogens with zero attached hydrogens (tertiary/aromatic N) is 2. The summed E-state index contributed by atoms with van der Waals surface area (Å²) in [4.78, 5) is 17.3. The van der Waals surface area contributed by atoms with Gasteiger partial charge in [0.1, 0.15) is 0 Å². The van der Waals surface area contributed by atoms with E-state index in [0.717, 1.165) is 41.5 Å². The van der Waals surface area contributed by atoms with E-state index in [1.165, 1.54) is 25.9 Å². The Kier molecular flexibility index (Phi) is 4.65. The molecule has 0 unspecified atom stereocenters. The van der Waals surface area contributed by atoms with Crippen LogP contribution >= 0.6 is 15.9 Å². The smallest absolute Gasteiger partial charge is 0.254 e. The fourth-order valence-electron chi connectivity index (χ4n) is 3.55. The summed E-state index contributed by atoms with van der Waals surface area (Å²) in [6.07, 6.45) is 4.93. The lowest BCUT2D eigenvalue weighted by Crippen LogP contribution is -2.46. The van der Waals surface area contributed by atoms with Crippen LogP contribution in [-0.2, 0) is 0 Å². The maximum absolute atomic E-state index is 12.7. The Morgan fingerprint density at radius 1 is 1.14 bits per heavy atom. The molecule has 4 heteroatoms. The molecule has 0 N–H and O–H groups in total. The van der Waals surface area contributed by atoms with E-state index in [-0.39, 0.29) is 5.91 Å². The molecule has 2 aliphatic heterocycles. The quantitative estimate of drug-likeness (QED) is 0.815. The number of likely N-dealkylation sites (tertiary alicyclic amines) is 2. The lowest BCUT2D eigenvalue weighted by atomic mass is 10.0. The number of benzene rings is 1. The summed E-state index contributed by atoms with van der Waals surface area (Å²) < 4.78 is 1.01. The van der Waals surface area contributed by atoms with Crippen molar-refractivity contribution in [2.45, 2.75) is 38.6 Å². The second kappa shape index (κ2) is 6.49. The Bertz CT molecular complexity index is 518. The van der Waals surface area contributed by atoms with E-state index < -0.39 is 0 Å². The molecule has 0 atom stereocenters. The van der Waals surface area contributed by atoms with Crippen molar-refractivity contribution in [3.05, 3.63) is 33.8 Å². The highest BCUT2D eigenvalue weighted by atomic mass is 79.9. The number of rotatable bonds is 2. The van der Waals surface area contributed by atoms with Gasteiger partial charge in [0, 0.05) is 29.2 Å². The van der Waals surface area contributed by atoms with E-state index >= 15 is 0 Å². The van der Waals surface area contributed by atoms with Gasteiger partial charge in [0.15, 0.2) is 0 Å². The molecule has 2 heterocycles. The first-order valence-electron chi connectivity index (χ1n) is 7.95. The number of carbonyl (C=O) groups is 1. The third-order valence-electron chi connectivity index (χ3n) is 4.91. The van der Waals surface area contributed by atoms with E-state index in [9.17, 15) is 4.79 Å². The SMILES string of the molecule is Cc1c(Br)cccc1C(=O)N1CCC(N2CCCC2)CC1. The average Bonchev–Trinajstić information content (AvgIpc) is 3.04. The molecule has 1 amide bonds. The van der Waals surface area contributed by atoms with Gasteiger partial charge in [-0.1, -0.05) is 22.0 Å². The Morgan fingerprint density at radius 2 is 1.81 bits per heavy atom. The summed E-state index contributed by atoms with van der Waals surface area (Å²) in [5.41, 5.74) is 1.88. The van der Waals surface area contributed by atoms with Crippen molar-refractivity contribution in [2.75, 3.05) is 26.2 Å². The highest BCUT2D eigenvalue weighted by molar-refractivity contribution is 9.10. The molecule has 2 fully saturated rings. The minimum absolute atomic E-state index is 0.189. The first-order chi connectivity index (χ1) is 10.2. The third kappa shape index (κ3) is 3.16. The number of hydrogen-bond acceptors (Lipinski definition) is 2. The first-order valence-corrected chi connectivity index (χ1v) is 8.74. The van der Waals surface area contributed by atoms with Gasteiger partial charge in [-0.2, -0.15) is 0 Å². The normalized spacial score (nSPS) is 21.0. The van der Waals surface area contributed by atoms with Crippen molar-refractivity contribution in [2.24, 2.45) is 0 Å². The average molecular weight is 351 g/mol. The van der Waals surface area contributed by atoms with Gasteiger partial charge in [-0.3, -0.25) is 4.79 Å². The molecule has 0 aromatic heterocycles. The minimum Gasteiger partial charge on any atom is -0.339 e. The fraction of sp³-hybridized carbons (Fsp3) is 0.588. The van der Waals surface area contributed by atoms with Gasteiger partial charge in [-0.05, 0) is 63.4 Å². The molecule has 2 aliphatic rings. The third-order valence-corrected chi connectivity index (χ3v) is 5.77. The summed E-state index contributed by atoms with van der Waals surface area (Å²) >= 11 is 3.52. The van der Waals surface area contributed by atoms with Crippen LogP contribution in [0.5, 0.6) is 0 Å². The standard InChI is InChI=1S/C17H23BrN2O/c1-13-15(5-4-6-16(13)18)17(21)20-11-7-14(8-12-20)19-9-2-3-10-19/h4-6,14H,2-3,7-12H2,1H3. The van der Waals surface area contributed by atoms with Crippen LogP contribution in [0.4, 0.5) is 0 Å². The second-order valence-electron chi connectivity index (χ2n) is 6.18. The first kappa shape index (κ1) is 15.0. The zero-order valence-corrected chi connectivity index (χ0v) is 14.2. The summed E-state index contributed by atoms with van der Waals surface area (Å²) in [6, 6.07) is 6.57. The van der Waals surface area contributed by atoms with Gasteiger partial charge in [-0.15, -0.1) is 0 Å². The molecule has 114 valence electrons. The highest BCUT2D eigenvalue weighted by Crippen LogP contribution is 2.24. The van der Waals surface area contributed by atoms with Crippen molar-refractivity contribution in [3.8, 4) is 0 Å². The van der Waals surface area contributed by atoms with Gasteiger partial charge >= 0.3 is 0 Å². The summed E-state index contributed by atoms with van der Waals surface area (Å²) in [5, 5.41) is 0. The molecule has 0 radical (unpaired) electrons. The summed E-state index contributed by atoms with van der Waals surface area (Å²) in [6.45, 7) is 6.30. The van der Waals surface area contributed by atoms with Gasteiger partial charge in [0.2, 0.25) is 0 Å². The van der Waals surface area contributed by atoms with Crippen molar-refractivity contribution < 1.29 is 4.79 Å². The van der Waals surface area contributed by atoms with Crippen LogP contribution < -0.4 is 0 Å². The number of halogens is 1. The predicted molar refractivity (Wildman–Crippen MR) is 88.6 cm³/mol. The maximum atomic E-state index is 12.7. The molecule has 3 nitrogen and oxygen atoms in total. The molecule has 21 heavy (non-hydrogen) atoms. The van der Waals surface area contributed by atoms with E-state index in [1.807, 2.05) is 30.0 Å². The van der Waals surface area contributed by atoms with Crippen molar-refractivity contribution >= 4 is 21.8 Å². The molecule has 2 saturated heterocycles. The van der Waals surface area contributed by atoms with Gasteiger partial charge in [-0.25, -0.2) is 0 Å². The Hall–Kier alpha value is -0.870. The molecular formula is C17H23BrN2O. The number of amides is 1. The van der Waals surface area contributed by atoms with Gasteiger partial charge in [0.05, 0.1) is 0 Å². The Labute approximate surface area is 135 Å². The van der Waals surface area contributed by atoms with Gasteiger partial charge in [0.25, 0.3) is 5.91 Å². The van der Waals surface area contributed by atoms with Crippen LogP contribution in [-0.4, -0.2) is 47.9 Å². The van der Waals surface area contributed by atoms with Crippen LogP contribution in [0.2, 0.25) is 0 Å². The second-order valence-corrected chi connectivity index (χ2v) is 7.03. The number of piperidine rings is 1. The van der Waals surface area contributed by atoms with Crippen molar-refractivity contribution in [1.29, 1.82) is 0 Å². The van der Waals surface area contributed by atoms with E-state index in [4.69, 9.17) is 0 Å². The van der Waals surface area contributed by atoms with Gasteiger partial charge < -0.3 is 9.80 Å². The number of hydrogen-bond donors (Lipinski definition) is 0. The molecule has 1 aromatic carbocycles. The minimum atomic E-state index is 0.189. The van der Waals surface area contributed by atoms with Crippen LogP contribution in [0.3, 0.4) is 0 Å². The van der Waals surface area contributed by atoms with Crippen LogP contribution in [0.15, 0.2) is 22.7 Å². The number of carbonyl (C=O) groups excluding carboxylic acids is 1. The largest absolute Gasteiger partial charge is 0.339 e. The Morgan fingerprint density at radius 3 is 2.48 bits per heavy atom. The molecular weight excluding hydrogens is 328 g/mol. The molecule has 0 bridgehead atoms. The lowest BCUT2D eigenvalue weighted by Gasteiger charge is -2.36. The van der Waals surface area contributed by atoms with Crippen molar-refractivity contribution in [1.82, 2.24) is 9.80 Å².